The van der Waals surface area contributed by atoms with Crippen LogP contribution in [0.25, 0.3) is 11.4 Å². The Hall–Kier alpha value is -2.63. The van der Waals surface area contributed by atoms with E-state index in [-0.39, 0.29) is 5.88 Å². The second-order valence-electron chi connectivity index (χ2n) is 5.98. The van der Waals surface area contributed by atoms with Gasteiger partial charge in [0, 0.05) is 29.7 Å². The highest BCUT2D eigenvalue weighted by atomic mass is 35.5. The minimum Gasteiger partial charge on any atom is -0.390 e. The average Bonchev–Trinajstić information content (AvgIpc) is 2.68. The summed E-state index contributed by atoms with van der Waals surface area (Å²) in [6.07, 6.45) is 1.15. The molecule has 0 amide bonds. The van der Waals surface area contributed by atoms with Crippen LogP contribution in [-0.4, -0.2) is 33.6 Å². The molecule has 134 valence electrons. The van der Waals surface area contributed by atoms with Gasteiger partial charge in [-0.3, -0.25) is 0 Å². The van der Waals surface area contributed by atoms with E-state index in [1.165, 1.54) is 0 Å². The summed E-state index contributed by atoms with van der Waals surface area (Å²) in [5.74, 6) is 1.56. The van der Waals surface area contributed by atoms with Crippen LogP contribution in [0.4, 0.5) is 17.2 Å². The lowest BCUT2D eigenvalue weighted by Crippen LogP contribution is -2.20. The highest BCUT2D eigenvalue weighted by Gasteiger charge is 2.06. The molecule has 0 saturated carbocycles. The Morgan fingerprint density at radius 2 is 1.96 bits per heavy atom. The largest absolute Gasteiger partial charge is 0.390 e. The first-order chi connectivity index (χ1) is 12.7. The molecular formula is C20H21ClN4O. The molecule has 0 spiro atoms. The minimum absolute atomic E-state index is 0.197. The van der Waals surface area contributed by atoms with E-state index in [1.807, 2.05) is 48.5 Å². The molecule has 1 atom stereocenters. The van der Waals surface area contributed by atoms with E-state index in [9.17, 15) is 5.11 Å². The van der Waals surface area contributed by atoms with Gasteiger partial charge in [-0.15, -0.1) is 11.6 Å². The number of benzene rings is 2. The van der Waals surface area contributed by atoms with Gasteiger partial charge < -0.3 is 15.7 Å². The Kier molecular flexibility index (Phi) is 6.04. The quantitative estimate of drug-likeness (QED) is 0.545. The van der Waals surface area contributed by atoms with Crippen LogP contribution in [0.2, 0.25) is 0 Å². The molecule has 3 N–H and O–H groups in total. The monoisotopic (exact) mass is 368 g/mol. The Bertz CT molecular complexity index is 872. The third kappa shape index (κ3) is 4.71. The van der Waals surface area contributed by atoms with Crippen LogP contribution in [0.5, 0.6) is 0 Å². The van der Waals surface area contributed by atoms with Crippen molar-refractivity contribution >= 4 is 28.8 Å². The molecule has 6 heteroatoms. The molecule has 2 aromatic carbocycles. The van der Waals surface area contributed by atoms with Crippen LogP contribution in [0.15, 0.2) is 60.8 Å². The third-order valence-electron chi connectivity index (χ3n) is 3.90. The molecular weight excluding hydrogens is 348 g/mol. The van der Waals surface area contributed by atoms with Crippen LogP contribution in [0, 0.1) is 6.92 Å². The van der Waals surface area contributed by atoms with Gasteiger partial charge in [0.2, 0.25) is 0 Å². The fraction of sp³-hybridized carbons (Fsp3) is 0.200. The van der Waals surface area contributed by atoms with Crippen LogP contribution < -0.4 is 10.6 Å². The number of hydrogen-bond donors (Lipinski definition) is 3. The van der Waals surface area contributed by atoms with Gasteiger partial charge in [-0.25, -0.2) is 9.97 Å². The van der Waals surface area contributed by atoms with Gasteiger partial charge in [0.25, 0.3) is 0 Å². The van der Waals surface area contributed by atoms with Gasteiger partial charge in [-0.2, -0.15) is 0 Å². The lowest BCUT2D eigenvalue weighted by molar-refractivity contribution is 0.211. The van der Waals surface area contributed by atoms with Gasteiger partial charge >= 0.3 is 0 Å². The summed E-state index contributed by atoms with van der Waals surface area (Å²) in [5.41, 5.74) is 3.94. The number of anilines is 3. The van der Waals surface area contributed by atoms with Gasteiger partial charge in [0.15, 0.2) is 5.82 Å². The van der Waals surface area contributed by atoms with E-state index >= 15 is 0 Å². The molecule has 0 saturated heterocycles. The van der Waals surface area contributed by atoms with Crippen molar-refractivity contribution in [2.45, 2.75) is 13.0 Å². The van der Waals surface area contributed by atoms with Crippen molar-refractivity contribution in [3.05, 3.63) is 66.4 Å². The highest BCUT2D eigenvalue weighted by Crippen LogP contribution is 2.23. The maximum Gasteiger partial charge on any atom is 0.161 e. The molecule has 5 nitrogen and oxygen atoms in total. The number of hydrogen-bond acceptors (Lipinski definition) is 5. The summed E-state index contributed by atoms with van der Waals surface area (Å²) in [5, 5.41) is 16.1. The number of halogens is 1. The Balaban J connectivity index is 1.78. The second kappa shape index (κ2) is 8.65. The molecule has 0 fully saturated rings. The smallest absolute Gasteiger partial charge is 0.161 e. The van der Waals surface area contributed by atoms with E-state index in [0.29, 0.717) is 12.4 Å². The lowest BCUT2D eigenvalue weighted by atomic mass is 10.2. The number of rotatable bonds is 7. The molecule has 0 bridgehead atoms. The second-order valence-corrected chi connectivity index (χ2v) is 6.28. The fourth-order valence-corrected chi connectivity index (χ4v) is 2.59. The Morgan fingerprint density at radius 3 is 2.77 bits per heavy atom. The zero-order valence-electron chi connectivity index (χ0n) is 14.5. The summed E-state index contributed by atoms with van der Waals surface area (Å²) < 4.78 is 0. The number of nitrogens with one attached hydrogen (secondary N) is 2. The van der Waals surface area contributed by atoms with Gasteiger partial charge in [0.1, 0.15) is 5.82 Å². The first kappa shape index (κ1) is 18.2. The predicted octanol–water partition coefficient (Wildman–Crippen LogP) is 4.21. The first-order valence-corrected chi connectivity index (χ1v) is 8.93. The van der Waals surface area contributed by atoms with Crippen molar-refractivity contribution in [1.29, 1.82) is 0 Å². The topological polar surface area (TPSA) is 70.1 Å². The SMILES string of the molecule is Cc1ccccc1Nc1ccnc(-c2cccc(NCC(O)CCl)c2)n1. The zero-order valence-corrected chi connectivity index (χ0v) is 15.2. The molecule has 3 rings (SSSR count). The Labute approximate surface area is 158 Å². The third-order valence-corrected chi connectivity index (χ3v) is 4.26. The summed E-state index contributed by atoms with van der Waals surface area (Å²) in [4.78, 5) is 8.99. The van der Waals surface area contributed by atoms with Gasteiger partial charge in [-0.05, 0) is 36.8 Å². The van der Waals surface area contributed by atoms with Gasteiger partial charge in [-0.1, -0.05) is 30.3 Å². The van der Waals surface area contributed by atoms with E-state index in [4.69, 9.17) is 11.6 Å². The summed E-state index contributed by atoms with van der Waals surface area (Å²) >= 11 is 5.62. The number of para-hydroxylation sites is 1. The zero-order chi connectivity index (χ0) is 18.4. The molecule has 0 radical (unpaired) electrons. The molecule has 1 aromatic heterocycles. The van der Waals surface area contributed by atoms with Crippen molar-refractivity contribution in [2.24, 2.45) is 0 Å². The van der Waals surface area contributed by atoms with E-state index in [0.717, 1.165) is 28.3 Å². The van der Waals surface area contributed by atoms with Crippen LogP contribution in [-0.2, 0) is 0 Å². The average molecular weight is 369 g/mol. The van der Waals surface area contributed by atoms with Crippen molar-refractivity contribution < 1.29 is 5.11 Å². The van der Waals surface area contributed by atoms with E-state index in [1.54, 1.807) is 6.20 Å². The molecule has 3 aromatic rings. The molecule has 0 aliphatic heterocycles. The standard InChI is InChI=1S/C20H21ClN4O/c1-14-5-2-3-8-18(14)24-19-9-10-22-20(25-19)15-6-4-7-16(11-15)23-13-17(26)12-21/h2-11,17,23,26H,12-13H2,1H3,(H,22,24,25). The molecule has 1 unspecified atom stereocenters. The number of aliphatic hydroxyl groups excluding tert-OH is 1. The summed E-state index contributed by atoms with van der Waals surface area (Å²) in [6.45, 7) is 2.44. The van der Waals surface area contributed by atoms with Gasteiger partial charge in [0.05, 0.1) is 12.0 Å². The number of aryl methyl sites for hydroxylation is 1. The van der Waals surface area contributed by atoms with Crippen molar-refractivity contribution in [3.63, 3.8) is 0 Å². The van der Waals surface area contributed by atoms with Crippen LogP contribution in [0.1, 0.15) is 5.56 Å². The first-order valence-electron chi connectivity index (χ1n) is 8.40. The van der Waals surface area contributed by atoms with Crippen LogP contribution in [0.3, 0.4) is 0 Å². The molecule has 0 aliphatic rings. The van der Waals surface area contributed by atoms with E-state index < -0.39 is 6.10 Å². The normalized spacial score (nSPS) is 11.8. The minimum atomic E-state index is -0.585. The maximum absolute atomic E-state index is 9.58. The number of aliphatic hydroxyl groups is 1. The Morgan fingerprint density at radius 1 is 1.12 bits per heavy atom. The number of aromatic nitrogens is 2. The predicted molar refractivity (Wildman–Crippen MR) is 107 cm³/mol. The summed E-state index contributed by atoms with van der Waals surface area (Å²) in [7, 11) is 0. The fourth-order valence-electron chi connectivity index (χ4n) is 2.48. The number of alkyl halides is 1. The molecule has 1 heterocycles. The lowest BCUT2D eigenvalue weighted by Gasteiger charge is -2.12. The molecule has 0 aliphatic carbocycles. The van der Waals surface area contributed by atoms with E-state index in [2.05, 4.69) is 33.6 Å². The van der Waals surface area contributed by atoms with Crippen molar-refractivity contribution in [3.8, 4) is 11.4 Å². The van der Waals surface area contributed by atoms with Crippen molar-refractivity contribution in [2.75, 3.05) is 23.1 Å². The van der Waals surface area contributed by atoms with Crippen molar-refractivity contribution in [1.82, 2.24) is 9.97 Å². The maximum atomic E-state index is 9.58. The van der Waals surface area contributed by atoms with Crippen LogP contribution >= 0.6 is 11.6 Å². The number of nitrogens with zero attached hydrogens (tertiary/aromatic N) is 2. The molecule has 26 heavy (non-hydrogen) atoms. The highest BCUT2D eigenvalue weighted by molar-refractivity contribution is 6.18. The summed E-state index contributed by atoms with van der Waals surface area (Å²) in [6, 6.07) is 17.7.